The number of alkyl halides is 1. The molecule has 0 saturated heterocycles. The molecule has 1 aromatic rings. The van der Waals surface area contributed by atoms with Crippen LogP contribution in [0.3, 0.4) is 0 Å². The summed E-state index contributed by atoms with van der Waals surface area (Å²) in [4.78, 5) is 2.28. The molecule has 2 atom stereocenters. The zero-order valence-corrected chi connectivity index (χ0v) is 12.8. The summed E-state index contributed by atoms with van der Waals surface area (Å²) in [5.41, 5.74) is 0. The Balaban J connectivity index is 2.37. The fourth-order valence-corrected chi connectivity index (χ4v) is 3.20. The molecule has 1 rings (SSSR count). The van der Waals surface area contributed by atoms with Crippen LogP contribution in [0, 0.1) is 0 Å². The molecule has 18 heavy (non-hydrogen) atoms. The minimum atomic E-state index is -0.453. The predicted molar refractivity (Wildman–Crippen MR) is 80.9 cm³/mol. The molecule has 1 aromatic carbocycles. The van der Waals surface area contributed by atoms with Crippen molar-refractivity contribution in [3.05, 3.63) is 24.3 Å². The van der Waals surface area contributed by atoms with Gasteiger partial charge in [0.1, 0.15) is 0 Å². The minimum absolute atomic E-state index is 0.233. The van der Waals surface area contributed by atoms with E-state index < -0.39 is 6.10 Å². The highest BCUT2D eigenvalue weighted by atomic mass is 35.5. The van der Waals surface area contributed by atoms with Crippen molar-refractivity contribution < 1.29 is 10.2 Å². The SMILES string of the molecule is CCC(O)CSc1ccc(SCC(O)CCl)cc1. The first-order chi connectivity index (χ1) is 8.65. The Bertz CT molecular complexity index is 299. The highest BCUT2D eigenvalue weighted by Gasteiger charge is 2.04. The molecule has 0 aliphatic rings. The Morgan fingerprint density at radius 1 is 1.00 bits per heavy atom. The van der Waals surface area contributed by atoms with E-state index in [0.29, 0.717) is 5.75 Å². The average Bonchev–Trinajstić information content (AvgIpc) is 2.43. The topological polar surface area (TPSA) is 40.5 Å². The zero-order chi connectivity index (χ0) is 13.4. The molecule has 0 saturated carbocycles. The Kier molecular flexibility index (Phi) is 8.18. The van der Waals surface area contributed by atoms with Crippen molar-refractivity contribution >= 4 is 35.1 Å². The van der Waals surface area contributed by atoms with Gasteiger partial charge < -0.3 is 10.2 Å². The Morgan fingerprint density at radius 3 is 1.83 bits per heavy atom. The molecular formula is C13H19ClO2S2. The van der Waals surface area contributed by atoms with Crippen LogP contribution in [0.15, 0.2) is 34.1 Å². The Morgan fingerprint density at radius 2 is 1.44 bits per heavy atom. The number of rotatable bonds is 8. The second-order valence-corrected chi connectivity index (χ2v) is 6.46. The van der Waals surface area contributed by atoms with E-state index in [1.54, 1.807) is 23.5 Å². The van der Waals surface area contributed by atoms with Gasteiger partial charge in [-0.2, -0.15) is 0 Å². The van der Waals surface area contributed by atoms with E-state index in [2.05, 4.69) is 0 Å². The lowest BCUT2D eigenvalue weighted by atomic mass is 10.3. The second kappa shape index (κ2) is 9.10. The molecule has 0 amide bonds. The van der Waals surface area contributed by atoms with E-state index in [-0.39, 0.29) is 12.0 Å². The zero-order valence-electron chi connectivity index (χ0n) is 10.4. The number of aliphatic hydroxyl groups excluding tert-OH is 2. The molecule has 0 radical (unpaired) electrons. The third-order valence-electron chi connectivity index (χ3n) is 2.36. The summed E-state index contributed by atoms with van der Waals surface area (Å²) in [5.74, 6) is 1.62. The molecule has 5 heteroatoms. The number of hydrogen-bond acceptors (Lipinski definition) is 4. The van der Waals surface area contributed by atoms with Crippen molar-refractivity contribution in [2.45, 2.75) is 35.3 Å². The summed E-state index contributed by atoms with van der Waals surface area (Å²) in [5, 5.41) is 18.8. The summed E-state index contributed by atoms with van der Waals surface area (Å²) in [6.07, 6.45) is 0.102. The maximum atomic E-state index is 9.48. The molecule has 0 aliphatic carbocycles. The number of thioether (sulfide) groups is 2. The molecule has 0 aliphatic heterocycles. The van der Waals surface area contributed by atoms with Gasteiger partial charge in [-0.15, -0.1) is 35.1 Å². The van der Waals surface area contributed by atoms with Crippen LogP contribution in [0.1, 0.15) is 13.3 Å². The van der Waals surface area contributed by atoms with E-state index in [4.69, 9.17) is 11.6 Å². The molecule has 102 valence electrons. The van der Waals surface area contributed by atoms with E-state index in [0.717, 1.165) is 22.0 Å². The summed E-state index contributed by atoms with van der Waals surface area (Å²) in [6.45, 7) is 1.98. The van der Waals surface area contributed by atoms with Crippen molar-refractivity contribution in [2.75, 3.05) is 17.4 Å². The quantitative estimate of drug-likeness (QED) is 0.571. The lowest BCUT2D eigenvalue weighted by Crippen LogP contribution is -2.10. The van der Waals surface area contributed by atoms with Crippen molar-refractivity contribution in [3.63, 3.8) is 0 Å². The molecule has 2 nitrogen and oxygen atoms in total. The lowest BCUT2D eigenvalue weighted by molar-refractivity contribution is 0.195. The lowest BCUT2D eigenvalue weighted by Gasteiger charge is -2.08. The molecule has 0 fully saturated rings. The van der Waals surface area contributed by atoms with Crippen LogP contribution < -0.4 is 0 Å². The van der Waals surface area contributed by atoms with Gasteiger partial charge in [0, 0.05) is 27.2 Å². The monoisotopic (exact) mass is 306 g/mol. The fraction of sp³-hybridized carbons (Fsp3) is 0.538. The summed E-state index contributed by atoms with van der Waals surface area (Å²) in [7, 11) is 0. The second-order valence-electron chi connectivity index (χ2n) is 3.96. The smallest absolute Gasteiger partial charge is 0.0769 e. The highest BCUT2D eigenvalue weighted by molar-refractivity contribution is 7.99. The standard InChI is InChI=1S/C13H19ClO2S2/c1-2-10(15)8-17-12-3-5-13(6-4-12)18-9-11(16)7-14/h3-6,10-11,15-16H,2,7-9H2,1H3. The van der Waals surface area contributed by atoms with Gasteiger partial charge in [-0.3, -0.25) is 0 Å². The predicted octanol–water partition coefficient (Wildman–Crippen LogP) is 3.24. The minimum Gasteiger partial charge on any atom is -0.392 e. The van der Waals surface area contributed by atoms with Gasteiger partial charge in [-0.25, -0.2) is 0 Å². The number of hydrogen-bond donors (Lipinski definition) is 2. The first kappa shape index (κ1) is 16.2. The van der Waals surface area contributed by atoms with Crippen LogP contribution in [-0.4, -0.2) is 39.8 Å². The first-order valence-electron chi connectivity index (χ1n) is 5.93. The van der Waals surface area contributed by atoms with Crippen LogP contribution >= 0.6 is 35.1 Å². The molecule has 0 heterocycles. The summed E-state index contributed by atoms with van der Waals surface area (Å²) in [6, 6.07) is 8.16. The number of aliphatic hydroxyl groups is 2. The average molecular weight is 307 g/mol. The van der Waals surface area contributed by atoms with Crippen LogP contribution in [0.2, 0.25) is 0 Å². The van der Waals surface area contributed by atoms with Crippen molar-refractivity contribution in [1.82, 2.24) is 0 Å². The van der Waals surface area contributed by atoms with Crippen LogP contribution in [0.5, 0.6) is 0 Å². The van der Waals surface area contributed by atoms with Gasteiger partial charge in [0.25, 0.3) is 0 Å². The van der Waals surface area contributed by atoms with Gasteiger partial charge in [0.05, 0.1) is 12.2 Å². The van der Waals surface area contributed by atoms with Gasteiger partial charge in [0.2, 0.25) is 0 Å². The van der Waals surface area contributed by atoms with Crippen molar-refractivity contribution in [3.8, 4) is 0 Å². The third kappa shape index (κ3) is 6.34. The van der Waals surface area contributed by atoms with E-state index in [1.807, 2.05) is 31.2 Å². The van der Waals surface area contributed by atoms with E-state index in [1.165, 1.54) is 0 Å². The summed E-state index contributed by atoms with van der Waals surface area (Å²) >= 11 is 8.80. The fourth-order valence-electron chi connectivity index (χ4n) is 1.18. The van der Waals surface area contributed by atoms with E-state index in [9.17, 15) is 10.2 Å². The molecule has 0 spiro atoms. The molecule has 0 aromatic heterocycles. The van der Waals surface area contributed by atoms with Gasteiger partial charge in [0.15, 0.2) is 0 Å². The van der Waals surface area contributed by atoms with E-state index >= 15 is 0 Å². The van der Waals surface area contributed by atoms with Crippen molar-refractivity contribution in [1.29, 1.82) is 0 Å². The van der Waals surface area contributed by atoms with Crippen LogP contribution in [0.25, 0.3) is 0 Å². The largest absolute Gasteiger partial charge is 0.392 e. The van der Waals surface area contributed by atoms with Gasteiger partial charge >= 0.3 is 0 Å². The molecular weight excluding hydrogens is 288 g/mol. The normalized spacial score (nSPS) is 14.4. The van der Waals surface area contributed by atoms with Gasteiger partial charge in [-0.05, 0) is 30.7 Å². The molecule has 2 N–H and O–H groups in total. The first-order valence-corrected chi connectivity index (χ1v) is 8.44. The van der Waals surface area contributed by atoms with Crippen molar-refractivity contribution in [2.24, 2.45) is 0 Å². The Labute approximate surface area is 122 Å². The van der Waals surface area contributed by atoms with Crippen LogP contribution in [-0.2, 0) is 0 Å². The number of halogens is 1. The Hall–Kier alpha value is 0.130. The molecule has 2 unspecified atom stereocenters. The van der Waals surface area contributed by atoms with Crippen LogP contribution in [0.4, 0.5) is 0 Å². The molecule has 0 bridgehead atoms. The third-order valence-corrected chi connectivity index (χ3v) is 5.03. The highest BCUT2D eigenvalue weighted by Crippen LogP contribution is 2.24. The maximum Gasteiger partial charge on any atom is 0.0769 e. The van der Waals surface area contributed by atoms with Gasteiger partial charge in [-0.1, -0.05) is 6.92 Å². The summed E-state index contributed by atoms with van der Waals surface area (Å²) < 4.78 is 0. The maximum absolute atomic E-state index is 9.48. The number of benzene rings is 1.